The van der Waals surface area contributed by atoms with Crippen LogP contribution in [0.15, 0.2) is 0 Å². The molecule has 0 aromatic carbocycles. The Balaban J connectivity index is 4.84. The summed E-state index contributed by atoms with van der Waals surface area (Å²) >= 11 is 0. The van der Waals surface area contributed by atoms with Gasteiger partial charge in [-0.25, -0.2) is 19.2 Å². The average Bonchev–Trinajstić information content (AvgIpc) is 3.05. The number of carboxylic acids is 4. The van der Waals surface area contributed by atoms with Crippen LogP contribution in [0.2, 0.25) is 0 Å². The minimum atomic E-state index is -1.61. The summed E-state index contributed by atoms with van der Waals surface area (Å²) in [5, 5.41) is 52.0. The summed E-state index contributed by atoms with van der Waals surface area (Å²) in [6.45, 7) is 4.86. The van der Waals surface area contributed by atoms with E-state index in [1.807, 2.05) is 0 Å². The van der Waals surface area contributed by atoms with Gasteiger partial charge in [0.15, 0.2) is 0 Å². The molecule has 52 heavy (non-hydrogen) atoms. The third-order valence-corrected chi connectivity index (χ3v) is 7.76. The number of ketones is 1. The van der Waals surface area contributed by atoms with E-state index >= 15 is 0 Å². The van der Waals surface area contributed by atoms with E-state index < -0.39 is 116 Å². The minimum absolute atomic E-state index is 0.00224. The zero-order valence-electron chi connectivity index (χ0n) is 29.8. The van der Waals surface area contributed by atoms with Gasteiger partial charge in [-0.2, -0.15) is 0 Å². The highest BCUT2D eigenvalue weighted by Crippen LogP contribution is 2.07. The van der Waals surface area contributed by atoms with E-state index in [0.29, 0.717) is 25.8 Å². The van der Waals surface area contributed by atoms with Crippen LogP contribution < -0.4 is 31.9 Å². The summed E-state index contributed by atoms with van der Waals surface area (Å²) in [7, 11) is 1.67. The number of amides is 5. The summed E-state index contributed by atoms with van der Waals surface area (Å²) in [4.78, 5) is 119. The van der Waals surface area contributed by atoms with Gasteiger partial charge in [0.1, 0.15) is 30.0 Å². The average molecular weight is 745 g/mol. The van der Waals surface area contributed by atoms with Gasteiger partial charge in [-0.05, 0) is 58.9 Å². The number of aliphatic carboxylic acids is 4. The van der Waals surface area contributed by atoms with Gasteiger partial charge >= 0.3 is 23.9 Å². The maximum atomic E-state index is 12.4. The van der Waals surface area contributed by atoms with Crippen LogP contribution in [0.1, 0.15) is 91.4 Å². The second-order valence-corrected chi connectivity index (χ2v) is 12.4. The van der Waals surface area contributed by atoms with Crippen molar-refractivity contribution in [3.8, 4) is 0 Å². The summed E-state index contributed by atoms with van der Waals surface area (Å²) in [6.07, 6.45) is -1.47. The lowest BCUT2D eigenvalue weighted by Crippen LogP contribution is -2.46. The first-order valence-corrected chi connectivity index (χ1v) is 16.8. The second-order valence-electron chi connectivity index (χ2n) is 12.4. The fourth-order valence-electron chi connectivity index (χ4n) is 4.61. The molecule has 0 aliphatic heterocycles. The Kier molecular flexibility index (Phi) is 22.5. The van der Waals surface area contributed by atoms with E-state index in [1.54, 1.807) is 7.05 Å². The van der Waals surface area contributed by atoms with Crippen LogP contribution in [0.3, 0.4) is 0 Å². The Morgan fingerprint density at radius 1 is 0.481 bits per heavy atom. The molecule has 0 saturated carbocycles. The van der Waals surface area contributed by atoms with Gasteiger partial charge in [0.05, 0.1) is 6.04 Å². The lowest BCUT2D eigenvalue weighted by Gasteiger charge is -2.19. The van der Waals surface area contributed by atoms with Crippen molar-refractivity contribution >= 4 is 59.2 Å². The molecule has 0 aliphatic rings. The molecule has 0 rings (SSSR count). The van der Waals surface area contributed by atoms with Gasteiger partial charge in [-0.1, -0.05) is 13.8 Å². The van der Waals surface area contributed by atoms with E-state index in [2.05, 4.69) is 31.9 Å². The zero-order valence-corrected chi connectivity index (χ0v) is 29.8. The van der Waals surface area contributed by atoms with Crippen LogP contribution in [0, 0.1) is 5.92 Å². The smallest absolute Gasteiger partial charge is 0.326 e. The number of unbranched alkanes of at least 4 members (excludes halogenated alkanes) is 1. The molecule has 0 radical (unpaired) electrons. The van der Waals surface area contributed by atoms with Crippen molar-refractivity contribution in [2.45, 2.75) is 122 Å². The quantitative estimate of drug-likeness (QED) is 0.0408. The third kappa shape index (κ3) is 20.5. The summed E-state index contributed by atoms with van der Waals surface area (Å²) in [6, 6.07) is -6.34. The van der Waals surface area contributed by atoms with Crippen molar-refractivity contribution in [3.05, 3.63) is 0 Å². The molecule has 294 valence electrons. The zero-order chi connectivity index (χ0) is 40.0. The second kappa shape index (κ2) is 24.9. The molecular weight excluding hydrogens is 692 g/mol. The van der Waals surface area contributed by atoms with Gasteiger partial charge in [0.2, 0.25) is 29.5 Å². The molecule has 20 nitrogen and oxygen atoms in total. The lowest BCUT2D eigenvalue weighted by atomic mass is 10.1. The van der Waals surface area contributed by atoms with E-state index in [0.717, 1.165) is 0 Å². The highest BCUT2D eigenvalue weighted by atomic mass is 16.4. The third-order valence-electron chi connectivity index (χ3n) is 7.76. The monoisotopic (exact) mass is 744 g/mol. The summed E-state index contributed by atoms with van der Waals surface area (Å²) in [5.74, 6) is -10.0. The Morgan fingerprint density at radius 3 is 1.13 bits per heavy atom. The SMILES string of the molecule is CN[C@@H](CCCCNC(=O)CC[C@H](NC(=O)CC[C@H](NC(=O)CC[C@H](NC(=O)CC[C@H](NC(=O)C(C)C)C(=O)O)C(=O)O)C(=O)O)C(=O)O)C(C)=O. The van der Waals surface area contributed by atoms with Crippen LogP contribution in [-0.4, -0.2) is 123 Å². The summed E-state index contributed by atoms with van der Waals surface area (Å²) in [5.41, 5.74) is 0. The molecule has 0 heterocycles. The Hall–Kier alpha value is -5.14. The van der Waals surface area contributed by atoms with Crippen molar-refractivity contribution in [3.63, 3.8) is 0 Å². The van der Waals surface area contributed by atoms with E-state index in [-0.39, 0.29) is 31.1 Å². The van der Waals surface area contributed by atoms with Gasteiger partial charge in [0, 0.05) is 38.1 Å². The number of carbonyl (C=O) groups excluding carboxylic acids is 6. The van der Waals surface area contributed by atoms with Crippen molar-refractivity contribution in [2.24, 2.45) is 5.92 Å². The Labute approximate surface area is 300 Å². The highest BCUT2D eigenvalue weighted by molar-refractivity contribution is 5.88. The number of hydrogen-bond acceptors (Lipinski definition) is 11. The topological polar surface area (TPSA) is 324 Å². The van der Waals surface area contributed by atoms with E-state index in [4.69, 9.17) is 0 Å². The highest BCUT2D eigenvalue weighted by Gasteiger charge is 2.27. The van der Waals surface area contributed by atoms with Gasteiger partial charge < -0.3 is 52.3 Å². The van der Waals surface area contributed by atoms with Crippen molar-refractivity contribution in [1.29, 1.82) is 0 Å². The fourth-order valence-corrected chi connectivity index (χ4v) is 4.61. The van der Waals surface area contributed by atoms with E-state index in [9.17, 15) is 68.4 Å². The predicted octanol–water partition coefficient (Wildman–Crippen LogP) is -1.50. The number of carboxylic acid groups (broad SMARTS) is 4. The molecular formula is C32H52N6O14. The molecule has 0 fully saturated rings. The molecule has 0 bridgehead atoms. The molecule has 0 spiro atoms. The van der Waals surface area contributed by atoms with Crippen LogP contribution in [0.5, 0.6) is 0 Å². The number of Topliss-reactive ketones (excluding diaryl/α,β-unsaturated/α-hetero) is 1. The molecule has 20 heteroatoms. The predicted molar refractivity (Wildman–Crippen MR) is 180 cm³/mol. The molecule has 0 aromatic heterocycles. The number of rotatable bonds is 28. The molecule has 0 aliphatic carbocycles. The number of hydrogen-bond donors (Lipinski definition) is 10. The van der Waals surface area contributed by atoms with Crippen LogP contribution in [0.4, 0.5) is 0 Å². The number of carbonyl (C=O) groups is 10. The van der Waals surface area contributed by atoms with Gasteiger partial charge in [-0.3, -0.25) is 28.8 Å². The maximum absolute atomic E-state index is 12.4. The normalized spacial score (nSPS) is 13.7. The number of likely N-dealkylation sites (N-methyl/N-ethyl adjacent to an activating group) is 1. The molecule has 0 saturated heterocycles. The molecule has 10 N–H and O–H groups in total. The van der Waals surface area contributed by atoms with Crippen LogP contribution in [-0.2, 0) is 47.9 Å². The van der Waals surface area contributed by atoms with Crippen molar-refractivity contribution in [2.75, 3.05) is 13.6 Å². The van der Waals surface area contributed by atoms with Gasteiger partial charge in [-0.15, -0.1) is 0 Å². The first-order chi connectivity index (χ1) is 24.3. The minimum Gasteiger partial charge on any atom is -0.480 e. The summed E-state index contributed by atoms with van der Waals surface area (Å²) < 4.78 is 0. The van der Waals surface area contributed by atoms with Gasteiger partial charge in [0.25, 0.3) is 0 Å². The number of nitrogens with one attached hydrogen (secondary N) is 6. The Bertz CT molecular complexity index is 1290. The lowest BCUT2D eigenvalue weighted by molar-refractivity contribution is -0.144. The first kappa shape index (κ1) is 46.9. The first-order valence-electron chi connectivity index (χ1n) is 16.8. The van der Waals surface area contributed by atoms with Crippen molar-refractivity contribution < 1.29 is 68.4 Å². The molecule has 5 atom stereocenters. The molecule has 0 unspecified atom stereocenters. The fraction of sp³-hybridized carbons (Fsp3) is 0.688. The van der Waals surface area contributed by atoms with Crippen molar-refractivity contribution in [1.82, 2.24) is 31.9 Å². The van der Waals surface area contributed by atoms with Crippen LogP contribution in [0.25, 0.3) is 0 Å². The van der Waals surface area contributed by atoms with E-state index in [1.165, 1.54) is 20.8 Å². The van der Waals surface area contributed by atoms with Crippen LogP contribution >= 0.6 is 0 Å². The standard InChI is InChI=1S/C32H52N6O14/c1-17(2)28(44)38-23(32(51)52)11-15-27(43)37-22(31(49)50)10-14-26(42)36-21(30(47)48)9-13-25(41)35-20(29(45)46)8-12-24(40)34-16-6-5-7-19(33-4)18(3)39/h17,19-23,33H,5-16H2,1-4H3,(H,34,40)(H,35,41)(H,36,42)(H,37,43)(H,38,44)(H,45,46)(H,47,48)(H,49,50)(H,51,52)/t19-,20-,21-,22-,23-/m0/s1. The molecule has 5 amide bonds. The maximum Gasteiger partial charge on any atom is 0.326 e. The largest absolute Gasteiger partial charge is 0.480 e. The Morgan fingerprint density at radius 2 is 0.827 bits per heavy atom. The molecule has 0 aromatic rings.